The van der Waals surface area contributed by atoms with Gasteiger partial charge >= 0.3 is 0 Å². The van der Waals surface area contributed by atoms with Gasteiger partial charge in [-0.3, -0.25) is 5.41 Å². The van der Waals surface area contributed by atoms with E-state index in [2.05, 4.69) is 23.7 Å². The second-order valence-electron chi connectivity index (χ2n) is 5.28. The van der Waals surface area contributed by atoms with Crippen LogP contribution in [0.2, 0.25) is 0 Å². The molecule has 0 radical (unpaired) electrons. The van der Waals surface area contributed by atoms with Crippen LogP contribution in [0.5, 0.6) is 5.75 Å². The van der Waals surface area contributed by atoms with Crippen molar-refractivity contribution in [1.29, 1.82) is 5.41 Å². The van der Waals surface area contributed by atoms with Crippen molar-refractivity contribution in [2.75, 3.05) is 18.6 Å². The Morgan fingerprint density at radius 2 is 2.14 bits per heavy atom. The number of anilines is 1. The number of hydrogen-bond donors (Lipinski definition) is 2. The summed E-state index contributed by atoms with van der Waals surface area (Å²) in [5.41, 5.74) is 5.49. The number of amidine groups is 1. The minimum atomic E-state index is 0.193. The van der Waals surface area contributed by atoms with Crippen molar-refractivity contribution >= 4 is 22.4 Å². The average Bonchev–Trinajstić information content (AvgIpc) is 2.46. The molecule has 0 unspecified atom stereocenters. The minimum absolute atomic E-state index is 0.193. The van der Waals surface area contributed by atoms with E-state index >= 15 is 0 Å². The fourth-order valence-corrected chi connectivity index (χ4v) is 2.34. The monoisotopic (exact) mass is 286 g/mol. The molecule has 1 aromatic carbocycles. The number of ether oxygens (including phenoxy) is 1. The van der Waals surface area contributed by atoms with E-state index in [-0.39, 0.29) is 11.9 Å². The number of pyridine rings is 1. The molecule has 2 aromatic rings. The zero-order valence-corrected chi connectivity index (χ0v) is 12.8. The van der Waals surface area contributed by atoms with Gasteiger partial charge in [-0.25, -0.2) is 4.98 Å². The Labute approximate surface area is 125 Å². The highest BCUT2D eigenvalue weighted by atomic mass is 16.5. The summed E-state index contributed by atoms with van der Waals surface area (Å²) in [6.45, 7) is 4.90. The molecule has 0 spiro atoms. The standard InChI is InChI=1S/C16H22N4O/c1-11(2)20(9-7-15(17)18)16-14-10-13(21-3)5-4-12(14)6-8-19-16/h4-6,8,10-11H,7,9H2,1-3H3,(H3,17,18). The van der Waals surface area contributed by atoms with Gasteiger partial charge in [0.05, 0.1) is 12.9 Å². The first kappa shape index (κ1) is 15.1. The van der Waals surface area contributed by atoms with Crippen molar-refractivity contribution in [1.82, 2.24) is 4.98 Å². The molecule has 2 rings (SSSR count). The van der Waals surface area contributed by atoms with E-state index in [4.69, 9.17) is 15.9 Å². The molecule has 0 amide bonds. The van der Waals surface area contributed by atoms with E-state index in [1.807, 2.05) is 30.5 Å². The molecule has 0 atom stereocenters. The first-order valence-electron chi connectivity index (χ1n) is 7.05. The number of hydrogen-bond acceptors (Lipinski definition) is 4. The topological polar surface area (TPSA) is 75.2 Å². The van der Waals surface area contributed by atoms with E-state index in [0.29, 0.717) is 13.0 Å². The van der Waals surface area contributed by atoms with Gasteiger partial charge in [-0.2, -0.15) is 0 Å². The van der Waals surface area contributed by atoms with Crippen molar-refractivity contribution in [3.05, 3.63) is 30.5 Å². The number of rotatable bonds is 6. The maximum atomic E-state index is 7.43. The Morgan fingerprint density at radius 1 is 1.38 bits per heavy atom. The fraction of sp³-hybridized carbons (Fsp3) is 0.375. The smallest absolute Gasteiger partial charge is 0.136 e. The van der Waals surface area contributed by atoms with Gasteiger partial charge in [-0.15, -0.1) is 0 Å². The van der Waals surface area contributed by atoms with Crippen molar-refractivity contribution in [2.45, 2.75) is 26.3 Å². The van der Waals surface area contributed by atoms with Gasteiger partial charge in [0.2, 0.25) is 0 Å². The second kappa shape index (κ2) is 6.43. The zero-order valence-electron chi connectivity index (χ0n) is 12.8. The quantitative estimate of drug-likeness (QED) is 0.632. The molecule has 5 nitrogen and oxygen atoms in total. The predicted octanol–water partition coefficient (Wildman–Crippen LogP) is 2.78. The minimum Gasteiger partial charge on any atom is -0.497 e. The van der Waals surface area contributed by atoms with Crippen molar-refractivity contribution in [3.8, 4) is 5.75 Å². The Hall–Kier alpha value is -2.30. The van der Waals surface area contributed by atoms with E-state index in [0.717, 1.165) is 22.3 Å². The maximum absolute atomic E-state index is 7.43. The van der Waals surface area contributed by atoms with Crippen LogP contribution in [0, 0.1) is 5.41 Å². The summed E-state index contributed by atoms with van der Waals surface area (Å²) in [7, 11) is 1.66. The highest BCUT2D eigenvalue weighted by molar-refractivity contribution is 5.93. The highest BCUT2D eigenvalue weighted by Gasteiger charge is 2.15. The molecule has 0 aliphatic carbocycles. The van der Waals surface area contributed by atoms with Gasteiger partial charge in [0, 0.05) is 30.6 Å². The van der Waals surface area contributed by atoms with E-state index in [9.17, 15) is 0 Å². The molecule has 0 aliphatic heterocycles. The number of fused-ring (bicyclic) bond motifs is 1. The SMILES string of the molecule is COc1ccc2ccnc(N(CCC(=N)N)C(C)C)c2c1. The summed E-state index contributed by atoms with van der Waals surface area (Å²) < 4.78 is 5.32. The van der Waals surface area contributed by atoms with Gasteiger partial charge in [0.25, 0.3) is 0 Å². The zero-order chi connectivity index (χ0) is 15.4. The van der Waals surface area contributed by atoms with E-state index in [1.165, 1.54) is 0 Å². The Bertz CT molecular complexity index is 639. The molecule has 0 fully saturated rings. The molecule has 0 saturated carbocycles. The predicted molar refractivity (Wildman–Crippen MR) is 87.3 cm³/mol. The van der Waals surface area contributed by atoms with Crippen molar-refractivity contribution in [2.24, 2.45) is 5.73 Å². The third kappa shape index (κ3) is 3.42. The van der Waals surface area contributed by atoms with Crippen LogP contribution in [0.25, 0.3) is 10.8 Å². The first-order valence-corrected chi connectivity index (χ1v) is 7.05. The lowest BCUT2D eigenvalue weighted by Crippen LogP contribution is -2.34. The molecule has 0 aliphatic rings. The number of methoxy groups -OCH3 is 1. The molecular formula is C16H22N4O. The largest absolute Gasteiger partial charge is 0.497 e. The number of nitrogens with zero attached hydrogens (tertiary/aromatic N) is 2. The normalized spacial score (nSPS) is 10.9. The van der Waals surface area contributed by atoms with Crippen molar-refractivity contribution in [3.63, 3.8) is 0 Å². The summed E-state index contributed by atoms with van der Waals surface area (Å²) >= 11 is 0. The summed E-state index contributed by atoms with van der Waals surface area (Å²) in [6, 6.07) is 8.24. The number of aromatic nitrogens is 1. The van der Waals surface area contributed by atoms with Gasteiger partial charge in [-0.05, 0) is 37.4 Å². The average molecular weight is 286 g/mol. The second-order valence-corrected chi connectivity index (χ2v) is 5.28. The number of benzene rings is 1. The molecule has 21 heavy (non-hydrogen) atoms. The van der Waals surface area contributed by atoms with Crippen molar-refractivity contribution < 1.29 is 4.74 Å². The first-order chi connectivity index (χ1) is 10.0. The van der Waals surface area contributed by atoms with Crippen LogP contribution >= 0.6 is 0 Å². The van der Waals surface area contributed by atoms with Crippen LogP contribution in [-0.4, -0.2) is 30.5 Å². The van der Waals surface area contributed by atoms with Crippen LogP contribution in [0.1, 0.15) is 20.3 Å². The van der Waals surface area contributed by atoms with Gasteiger partial charge in [-0.1, -0.05) is 6.07 Å². The third-order valence-corrected chi connectivity index (χ3v) is 3.47. The summed E-state index contributed by atoms with van der Waals surface area (Å²) in [5.74, 6) is 1.91. The van der Waals surface area contributed by atoms with Crippen LogP contribution in [0.4, 0.5) is 5.82 Å². The molecule has 0 saturated heterocycles. The molecule has 1 aromatic heterocycles. The lowest BCUT2D eigenvalue weighted by molar-refractivity contribution is 0.415. The highest BCUT2D eigenvalue weighted by Crippen LogP contribution is 2.29. The Kier molecular flexibility index (Phi) is 4.62. The summed E-state index contributed by atoms with van der Waals surface area (Å²) in [6.07, 6.45) is 2.34. The van der Waals surface area contributed by atoms with Crippen LogP contribution in [-0.2, 0) is 0 Å². The van der Waals surface area contributed by atoms with Gasteiger partial charge in [0.1, 0.15) is 11.6 Å². The molecular weight excluding hydrogens is 264 g/mol. The molecule has 3 N–H and O–H groups in total. The van der Waals surface area contributed by atoms with E-state index in [1.54, 1.807) is 7.11 Å². The fourth-order valence-electron chi connectivity index (χ4n) is 2.34. The van der Waals surface area contributed by atoms with Crippen LogP contribution < -0.4 is 15.4 Å². The molecule has 5 heteroatoms. The van der Waals surface area contributed by atoms with Crippen LogP contribution in [0.15, 0.2) is 30.5 Å². The van der Waals surface area contributed by atoms with Gasteiger partial charge in [0.15, 0.2) is 0 Å². The lowest BCUT2D eigenvalue weighted by Gasteiger charge is -2.29. The Morgan fingerprint density at radius 3 is 2.76 bits per heavy atom. The van der Waals surface area contributed by atoms with Gasteiger partial charge < -0.3 is 15.4 Å². The molecule has 0 bridgehead atoms. The maximum Gasteiger partial charge on any atom is 0.136 e. The number of nitrogens with one attached hydrogen (secondary N) is 1. The lowest BCUT2D eigenvalue weighted by atomic mass is 10.1. The molecule has 1 heterocycles. The summed E-state index contributed by atoms with van der Waals surface area (Å²) in [5, 5.41) is 9.60. The number of nitrogens with two attached hydrogens (primary N) is 1. The van der Waals surface area contributed by atoms with E-state index < -0.39 is 0 Å². The summed E-state index contributed by atoms with van der Waals surface area (Å²) in [4.78, 5) is 6.71. The molecule has 112 valence electrons. The Balaban J connectivity index is 2.48. The third-order valence-electron chi connectivity index (χ3n) is 3.47. The van der Waals surface area contributed by atoms with Crippen LogP contribution in [0.3, 0.4) is 0 Å².